The van der Waals surface area contributed by atoms with Crippen molar-refractivity contribution >= 4 is 49.2 Å². The molecule has 0 saturated carbocycles. The second-order valence-corrected chi connectivity index (χ2v) is 10.5. The van der Waals surface area contributed by atoms with E-state index in [1.165, 1.54) is 22.3 Å². The van der Waals surface area contributed by atoms with Crippen molar-refractivity contribution in [2.24, 2.45) is 0 Å². The Morgan fingerprint density at radius 3 is 1.77 bits per heavy atom. The van der Waals surface area contributed by atoms with Crippen LogP contribution in [-0.2, 0) is 0 Å². The second-order valence-electron chi connectivity index (χ2n) is 9.62. The Morgan fingerprint density at radius 2 is 1.05 bits per heavy atom. The van der Waals surface area contributed by atoms with E-state index in [1.807, 2.05) is 18.2 Å². The van der Waals surface area contributed by atoms with Gasteiger partial charge in [-0.3, -0.25) is 0 Å². The van der Waals surface area contributed by atoms with Crippen LogP contribution >= 0.6 is 15.9 Å². The first-order chi connectivity index (χ1) is 19.2. The molecule has 0 aliphatic rings. The van der Waals surface area contributed by atoms with E-state index >= 15 is 0 Å². The number of nitrogens with one attached hydrogen (secondary N) is 1. The average molecular weight is 566 g/mol. The molecule has 0 spiro atoms. The normalized spacial score (nSPS) is 11.2. The molecule has 0 radical (unpaired) electrons. The van der Waals surface area contributed by atoms with Gasteiger partial charge in [-0.2, -0.15) is 0 Å². The van der Waals surface area contributed by atoms with E-state index in [1.54, 1.807) is 0 Å². The van der Waals surface area contributed by atoms with Gasteiger partial charge in [-0.05, 0) is 69.8 Å². The third kappa shape index (κ3) is 4.52. The van der Waals surface area contributed by atoms with Crippen molar-refractivity contribution in [3.63, 3.8) is 0 Å². The summed E-state index contributed by atoms with van der Waals surface area (Å²) >= 11 is 3.52. The number of fused-ring (bicyclic) bond motifs is 3. The van der Waals surface area contributed by atoms with Crippen LogP contribution in [0.25, 0.3) is 55.3 Å². The highest BCUT2D eigenvalue weighted by Crippen LogP contribution is 2.41. The Labute approximate surface area is 235 Å². The third-order valence-corrected chi connectivity index (χ3v) is 7.70. The quantitative estimate of drug-likeness (QED) is 0.224. The molecule has 0 fully saturated rings. The van der Waals surface area contributed by atoms with E-state index in [9.17, 15) is 0 Å². The van der Waals surface area contributed by atoms with Crippen LogP contribution in [0.15, 0.2) is 148 Å². The summed E-state index contributed by atoms with van der Waals surface area (Å²) in [5.41, 5.74) is 10.8. The maximum atomic E-state index is 6.45. The molecule has 186 valence electrons. The maximum Gasteiger partial charge on any atom is 0.159 e. The van der Waals surface area contributed by atoms with Gasteiger partial charge in [0.25, 0.3) is 0 Å². The lowest BCUT2D eigenvalue weighted by molar-refractivity contribution is 0.670. The molecule has 7 aromatic rings. The topological polar surface area (TPSA) is 25.2 Å². The lowest BCUT2D eigenvalue weighted by Gasteiger charge is -2.12. The Hall–Kier alpha value is -4.60. The Kier molecular flexibility index (Phi) is 5.99. The molecule has 7 rings (SSSR count). The van der Waals surface area contributed by atoms with E-state index in [0.29, 0.717) is 0 Å². The first kappa shape index (κ1) is 23.5. The molecule has 1 N–H and O–H groups in total. The van der Waals surface area contributed by atoms with Crippen molar-refractivity contribution in [3.05, 3.63) is 144 Å². The molecule has 2 nitrogen and oxygen atoms in total. The lowest BCUT2D eigenvalue weighted by Crippen LogP contribution is -1.92. The first-order valence-electron chi connectivity index (χ1n) is 13.0. The third-order valence-electron chi connectivity index (χ3n) is 7.17. The molecule has 0 unspecified atom stereocenters. The zero-order chi connectivity index (χ0) is 26.2. The Bertz CT molecular complexity index is 1900. The van der Waals surface area contributed by atoms with Gasteiger partial charge in [0.2, 0.25) is 0 Å². The predicted molar refractivity (Wildman–Crippen MR) is 167 cm³/mol. The van der Waals surface area contributed by atoms with Crippen molar-refractivity contribution in [2.75, 3.05) is 5.32 Å². The van der Waals surface area contributed by atoms with Crippen molar-refractivity contribution in [2.45, 2.75) is 0 Å². The molecule has 6 aromatic carbocycles. The van der Waals surface area contributed by atoms with Gasteiger partial charge in [0, 0.05) is 20.9 Å². The number of hydrogen-bond acceptors (Lipinski definition) is 2. The molecule has 0 aliphatic carbocycles. The standard InChI is InChI=1S/C36H24BrNO/c37-29-18-14-26(15-19-29)25-10-12-28(13-11-25)31-22-23-33(36-35(31)32-8-4-5-9-34(32)39-36)38-30-20-16-27(17-21-30)24-6-2-1-3-7-24/h1-23,38H. The fraction of sp³-hybridized carbons (Fsp3) is 0. The van der Waals surface area contributed by atoms with Gasteiger partial charge in [0.15, 0.2) is 5.58 Å². The minimum Gasteiger partial charge on any atom is -0.454 e. The summed E-state index contributed by atoms with van der Waals surface area (Å²) in [7, 11) is 0. The van der Waals surface area contributed by atoms with Gasteiger partial charge in [0.05, 0.1) is 5.69 Å². The Balaban J connectivity index is 1.28. The van der Waals surface area contributed by atoms with Crippen molar-refractivity contribution < 1.29 is 4.42 Å². The van der Waals surface area contributed by atoms with E-state index < -0.39 is 0 Å². The minimum atomic E-state index is 0.859. The highest BCUT2D eigenvalue weighted by atomic mass is 79.9. The summed E-state index contributed by atoms with van der Waals surface area (Å²) in [6, 6.07) is 48.7. The number of halogens is 1. The number of hydrogen-bond donors (Lipinski definition) is 1. The van der Waals surface area contributed by atoms with Gasteiger partial charge in [0.1, 0.15) is 5.58 Å². The van der Waals surface area contributed by atoms with Crippen molar-refractivity contribution in [3.8, 4) is 33.4 Å². The predicted octanol–water partition coefficient (Wildman–Crippen LogP) is 11.1. The summed E-state index contributed by atoms with van der Waals surface area (Å²) < 4.78 is 7.53. The number of rotatable bonds is 5. The van der Waals surface area contributed by atoms with Crippen molar-refractivity contribution in [1.82, 2.24) is 0 Å². The molecule has 0 atom stereocenters. The molecule has 0 saturated heterocycles. The second kappa shape index (κ2) is 9.94. The summed E-state index contributed by atoms with van der Waals surface area (Å²) in [5.74, 6) is 0. The smallest absolute Gasteiger partial charge is 0.159 e. The van der Waals surface area contributed by atoms with Gasteiger partial charge < -0.3 is 9.73 Å². The monoisotopic (exact) mass is 565 g/mol. The van der Waals surface area contributed by atoms with Gasteiger partial charge in [-0.1, -0.05) is 119 Å². The van der Waals surface area contributed by atoms with E-state index in [0.717, 1.165) is 48.9 Å². The fourth-order valence-electron chi connectivity index (χ4n) is 5.18. The van der Waals surface area contributed by atoms with Crippen LogP contribution in [-0.4, -0.2) is 0 Å². The van der Waals surface area contributed by atoms with Crippen LogP contribution < -0.4 is 5.32 Å². The molecule has 3 heteroatoms. The molecule has 39 heavy (non-hydrogen) atoms. The van der Waals surface area contributed by atoms with Crippen LogP contribution in [0, 0.1) is 0 Å². The summed E-state index contributed by atoms with van der Waals surface area (Å²) in [5, 5.41) is 5.83. The van der Waals surface area contributed by atoms with E-state index in [-0.39, 0.29) is 0 Å². The Morgan fingerprint density at radius 1 is 0.487 bits per heavy atom. The molecule has 1 aromatic heterocycles. The highest BCUT2D eigenvalue weighted by Gasteiger charge is 2.16. The lowest BCUT2D eigenvalue weighted by atomic mass is 9.96. The van der Waals surface area contributed by atoms with Gasteiger partial charge >= 0.3 is 0 Å². The zero-order valence-corrected chi connectivity index (χ0v) is 22.7. The largest absolute Gasteiger partial charge is 0.454 e. The van der Waals surface area contributed by atoms with Gasteiger partial charge in [-0.25, -0.2) is 0 Å². The zero-order valence-electron chi connectivity index (χ0n) is 21.1. The maximum absolute atomic E-state index is 6.45. The molecule has 0 aliphatic heterocycles. The molecular weight excluding hydrogens is 542 g/mol. The average Bonchev–Trinajstić information content (AvgIpc) is 3.39. The fourth-order valence-corrected chi connectivity index (χ4v) is 5.45. The molecule has 0 bridgehead atoms. The van der Waals surface area contributed by atoms with Crippen molar-refractivity contribution in [1.29, 1.82) is 0 Å². The highest BCUT2D eigenvalue weighted by molar-refractivity contribution is 9.10. The van der Waals surface area contributed by atoms with Gasteiger partial charge in [-0.15, -0.1) is 0 Å². The summed E-state index contributed by atoms with van der Waals surface area (Å²) in [6.45, 7) is 0. The number of furan rings is 1. The SMILES string of the molecule is Brc1ccc(-c2ccc(-c3ccc(Nc4ccc(-c5ccccc5)cc4)c4oc5ccccc5c34)cc2)cc1. The molecule has 1 heterocycles. The summed E-state index contributed by atoms with van der Waals surface area (Å²) in [6.07, 6.45) is 0. The number of benzene rings is 6. The summed E-state index contributed by atoms with van der Waals surface area (Å²) in [4.78, 5) is 0. The molecular formula is C36H24BrNO. The van der Waals surface area contributed by atoms with E-state index in [2.05, 4.69) is 143 Å². The van der Waals surface area contributed by atoms with Crippen LogP contribution in [0.4, 0.5) is 11.4 Å². The number of para-hydroxylation sites is 1. The van der Waals surface area contributed by atoms with Crippen LogP contribution in [0.3, 0.4) is 0 Å². The molecule has 0 amide bonds. The van der Waals surface area contributed by atoms with E-state index in [4.69, 9.17) is 4.42 Å². The minimum absolute atomic E-state index is 0.859. The van der Waals surface area contributed by atoms with Crippen LogP contribution in [0.2, 0.25) is 0 Å². The van der Waals surface area contributed by atoms with Crippen LogP contribution in [0.1, 0.15) is 0 Å². The number of anilines is 2. The first-order valence-corrected chi connectivity index (χ1v) is 13.8. The van der Waals surface area contributed by atoms with Crippen LogP contribution in [0.5, 0.6) is 0 Å².